The van der Waals surface area contributed by atoms with Crippen LogP contribution in [0.15, 0.2) is 0 Å². The molecule has 0 fully saturated rings. The van der Waals surface area contributed by atoms with Gasteiger partial charge in [-0.05, 0) is 46.1 Å². The highest BCUT2D eigenvalue weighted by atomic mass is 16.4. The number of likely N-dealkylation sites (N-methyl/N-ethyl adjacent to an activating group) is 1. The van der Waals surface area contributed by atoms with E-state index in [0.29, 0.717) is 0 Å². The molecule has 0 heterocycles. The molecule has 0 radical (unpaired) electrons. The van der Waals surface area contributed by atoms with Gasteiger partial charge in [-0.25, -0.2) is 4.79 Å². The van der Waals surface area contributed by atoms with Crippen LogP contribution in [0.5, 0.6) is 0 Å². The third-order valence-corrected chi connectivity index (χ3v) is 3.28. The molecule has 0 saturated heterocycles. The minimum Gasteiger partial charge on any atom is -0.479 e. The lowest BCUT2D eigenvalue weighted by Crippen LogP contribution is -2.47. The fourth-order valence-corrected chi connectivity index (χ4v) is 1.91. The van der Waals surface area contributed by atoms with Gasteiger partial charge < -0.3 is 20.0 Å². The molecular formula is C13H28N2O3. The second-order valence-corrected chi connectivity index (χ2v) is 4.83. The largest absolute Gasteiger partial charge is 0.479 e. The minimum absolute atomic E-state index is 0.178. The monoisotopic (exact) mass is 260 g/mol. The maximum Gasteiger partial charge on any atom is 0.336 e. The van der Waals surface area contributed by atoms with Gasteiger partial charge in [0.15, 0.2) is 5.60 Å². The van der Waals surface area contributed by atoms with E-state index in [2.05, 4.69) is 18.7 Å². The van der Waals surface area contributed by atoms with E-state index < -0.39 is 11.6 Å². The zero-order valence-electron chi connectivity index (χ0n) is 12.1. The van der Waals surface area contributed by atoms with E-state index in [0.717, 1.165) is 39.1 Å². The summed E-state index contributed by atoms with van der Waals surface area (Å²) in [5, 5.41) is 18.6. The first-order valence-corrected chi connectivity index (χ1v) is 6.77. The van der Waals surface area contributed by atoms with Gasteiger partial charge in [0.25, 0.3) is 0 Å². The van der Waals surface area contributed by atoms with Crippen molar-refractivity contribution < 1.29 is 15.0 Å². The molecule has 1 unspecified atom stereocenters. The SMILES string of the molecule is CCN(CC)CCCN(CC)CC(C)(O)C(=O)O. The molecule has 0 bridgehead atoms. The molecule has 0 aromatic rings. The lowest BCUT2D eigenvalue weighted by Gasteiger charge is -2.28. The van der Waals surface area contributed by atoms with Crippen LogP contribution in [0.1, 0.15) is 34.1 Å². The van der Waals surface area contributed by atoms with Crippen LogP contribution >= 0.6 is 0 Å². The summed E-state index contributed by atoms with van der Waals surface area (Å²) in [6, 6.07) is 0. The van der Waals surface area contributed by atoms with Crippen LogP contribution in [0.3, 0.4) is 0 Å². The molecule has 5 heteroatoms. The highest BCUT2D eigenvalue weighted by Gasteiger charge is 2.31. The van der Waals surface area contributed by atoms with E-state index in [1.165, 1.54) is 6.92 Å². The quantitative estimate of drug-likeness (QED) is 0.610. The summed E-state index contributed by atoms with van der Waals surface area (Å²) in [5.41, 5.74) is -1.66. The van der Waals surface area contributed by atoms with Crippen molar-refractivity contribution >= 4 is 5.97 Å². The molecule has 0 aromatic carbocycles. The first kappa shape index (κ1) is 17.4. The number of rotatable bonds is 10. The number of aliphatic hydroxyl groups is 1. The van der Waals surface area contributed by atoms with E-state index in [1.54, 1.807) is 0 Å². The van der Waals surface area contributed by atoms with Crippen molar-refractivity contribution in [1.82, 2.24) is 9.80 Å². The van der Waals surface area contributed by atoms with Crippen molar-refractivity contribution in [3.63, 3.8) is 0 Å². The van der Waals surface area contributed by atoms with E-state index in [-0.39, 0.29) is 6.54 Å². The van der Waals surface area contributed by atoms with Gasteiger partial charge in [-0.3, -0.25) is 0 Å². The first-order valence-electron chi connectivity index (χ1n) is 6.77. The predicted molar refractivity (Wildman–Crippen MR) is 72.8 cm³/mol. The van der Waals surface area contributed by atoms with E-state index in [4.69, 9.17) is 5.11 Å². The Bertz CT molecular complexity index is 240. The van der Waals surface area contributed by atoms with Crippen LogP contribution in [0.4, 0.5) is 0 Å². The lowest BCUT2D eigenvalue weighted by molar-refractivity contribution is -0.158. The molecule has 18 heavy (non-hydrogen) atoms. The molecule has 2 N–H and O–H groups in total. The highest BCUT2D eigenvalue weighted by Crippen LogP contribution is 2.07. The zero-order valence-corrected chi connectivity index (χ0v) is 12.1. The van der Waals surface area contributed by atoms with Crippen LogP contribution < -0.4 is 0 Å². The van der Waals surface area contributed by atoms with E-state index >= 15 is 0 Å². The average Bonchev–Trinajstić information content (AvgIpc) is 2.32. The zero-order chi connectivity index (χ0) is 14.2. The van der Waals surface area contributed by atoms with Crippen LogP contribution in [-0.4, -0.2) is 70.9 Å². The Labute approximate surface area is 110 Å². The maximum absolute atomic E-state index is 10.9. The number of hydrogen-bond acceptors (Lipinski definition) is 4. The molecule has 5 nitrogen and oxygen atoms in total. The number of hydrogen-bond donors (Lipinski definition) is 2. The van der Waals surface area contributed by atoms with Crippen LogP contribution in [-0.2, 0) is 4.79 Å². The second kappa shape index (κ2) is 8.45. The number of nitrogens with zero attached hydrogens (tertiary/aromatic N) is 2. The molecule has 0 aliphatic heterocycles. The summed E-state index contributed by atoms with van der Waals surface area (Å²) in [5.74, 6) is -1.16. The van der Waals surface area contributed by atoms with Gasteiger partial charge in [0.1, 0.15) is 0 Å². The van der Waals surface area contributed by atoms with Crippen LogP contribution in [0, 0.1) is 0 Å². The first-order chi connectivity index (χ1) is 8.37. The van der Waals surface area contributed by atoms with Crippen molar-refractivity contribution in [2.75, 3.05) is 39.3 Å². The minimum atomic E-state index is -1.66. The summed E-state index contributed by atoms with van der Waals surface area (Å²) in [7, 11) is 0. The van der Waals surface area contributed by atoms with E-state index in [9.17, 15) is 9.90 Å². The van der Waals surface area contributed by atoms with Gasteiger partial charge in [0, 0.05) is 6.54 Å². The van der Waals surface area contributed by atoms with Crippen molar-refractivity contribution in [3.8, 4) is 0 Å². The van der Waals surface area contributed by atoms with Gasteiger partial charge in [0.2, 0.25) is 0 Å². The molecule has 0 rings (SSSR count). The number of aliphatic carboxylic acids is 1. The van der Waals surface area contributed by atoms with Gasteiger partial charge >= 0.3 is 5.97 Å². The Morgan fingerprint density at radius 2 is 1.50 bits per heavy atom. The number of carboxylic acids is 1. The summed E-state index contributed by atoms with van der Waals surface area (Å²) in [6.07, 6.45) is 0.991. The second-order valence-electron chi connectivity index (χ2n) is 4.83. The smallest absolute Gasteiger partial charge is 0.336 e. The van der Waals surface area contributed by atoms with Crippen molar-refractivity contribution in [2.24, 2.45) is 0 Å². The maximum atomic E-state index is 10.9. The molecule has 0 aliphatic carbocycles. The molecule has 0 amide bonds. The Kier molecular flexibility index (Phi) is 8.15. The molecular weight excluding hydrogens is 232 g/mol. The third kappa shape index (κ3) is 6.33. The van der Waals surface area contributed by atoms with Crippen molar-refractivity contribution in [2.45, 2.75) is 39.7 Å². The fourth-order valence-electron chi connectivity index (χ4n) is 1.91. The standard InChI is InChI=1S/C13H28N2O3/c1-5-14(6-2)9-8-10-15(7-3)11-13(4,18)12(16)17/h18H,5-11H2,1-4H3,(H,16,17). The summed E-state index contributed by atoms with van der Waals surface area (Å²) < 4.78 is 0. The van der Waals surface area contributed by atoms with Gasteiger partial charge in [-0.1, -0.05) is 20.8 Å². The summed E-state index contributed by atoms with van der Waals surface area (Å²) in [4.78, 5) is 15.2. The normalized spacial score (nSPS) is 15.1. The molecule has 0 aliphatic rings. The van der Waals surface area contributed by atoms with Crippen LogP contribution in [0.2, 0.25) is 0 Å². The van der Waals surface area contributed by atoms with Crippen molar-refractivity contribution in [3.05, 3.63) is 0 Å². The third-order valence-electron chi connectivity index (χ3n) is 3.28. The topological polar surface area (TPSA) is 64.0 Å². The highest BCUT2D eigenvalue weighted by molar-refractivity contribution is 5.76. The summed E-state index contributed by atoms with van der Waals surface area (Å²) >= 11 is 0. The summed E-state index contributed by atoms with van der Waals surface area (Å²) in [6.45, 7) is 12.4. The van der Waals surface area contributed by atoms with E-state index in [1.807, 2.05) is 11.8 Å². The Balaban J connectivity index is 4.09. The number of carbonyl (C=O) groups is 1. The molecule has 1 atom stereocenters. The Hall–Kier alpha value is -0.650. The average molecular weight is 260 g/mol. The molecule has 0 saturated carbocycles. The molecule has 0 spiro atoms. The lowest BCUT2D eigenvalue weighted by atomic mass is 10.1. The Morgan fingerprint density at radius 3 is 1.89 bits per heavy atom. The Morgan fingerprint density at radius 1 is 1.06 bits per heavy atom. The van der Waals surface area contributed by atoms with Gasteiger partial charge in [-0.2, -0.15) is 0 Å². The molecule has 0 aromatic heterocycles. The number of carboxylic acid groups (broad SMARTS) is 1. The molecule has 108 valence electrons. The fraction of sp³-hybridized carbons (Fsp3) is 0.923. The van der Waals surface area contributed by atoms with Gasteiger partial charge in [-0.15, -0.1) is 0 Å². The van der Waals surface area contributed by atoms with Gasteiger partial charge in [0.05, 0.1) is 0 Å². The van der Waals surface area contributed by atoms with Crippen molar-refractivity contribution in [1.29, 1.82) is 0 Å². The van der Waals surface area contributed by atoms with Crippen LogP contribution in [0.25, 0.3) is 0 Å². The predicted octanol–water partition coefficient (Wildman–Crippen LogP) is 0.876.